The van der Waals surface area contributed by atoms with Crippen LogP contribution >= 0.6 is 0 Å². The van der Waals surface area contributed by atoms with E-state index in [1.807, 2.05) is 20.8 Å². The highest BCUT2D eigenvalue weighted by Gasteiger charge is 2.41. The van der Waals surface area contributed by atoms with Gasteiger partial charge in [-0.15, -0.1) is 0 Å². The lowest BCUT2D eigenvalue weighted by Crippen LogP contribution is -2.45. The molecule has 2 aliphatic rings. The maximum absolute atomic E-state index is 12.6. The summed E-state index contributed by atoms with van der Waals surface area (Å²) < 4.78 is 4.76. The first-order chi connectivity index (χ1) is 10.2. The molecule has 1 atom stereocenters. The van der Waals surface area contributed by atoms with Gasteiger partial charge in [-0.25, -0.2) is 0 Å². The number of hydrogen-bond acceptors (Lipinski definition) is 4. The SMILES string of the molecule is COC(=O)C1CCN(C(=O)[C@H]2CC(=O)N(C(C)(C)C)C2)CC1. The van der Waals surface area contributed by atoms with Crippen LogP contribution in [0.2, 0.25) is 0 Å². The van der Waals surface area contributed by atoms with Gasteiger partial charge in [-0.2, -0.15) is 0 Å². The van der Waals surface area contributed by atoms with E-state index < -0.39 is 0 Å². The van der Waals surface area contributed by atoms with Crippen LogP contribution in [0.25, 0.3) is 0 Å². The predicted octanol–water partition coefficient (Wildman–Crippen LogP) is 1.04. The zero-order valence-corrected chi connectivity index (χ0v) is 13.9. The number of piperidine rings is 1. The number of likely N-dealkylation sites (tertiary alicyclic amines) is 2. The summed E-state index contributed by atoms with van der Waals surface area (Å²) in [6.07, 6.45) is 1.58. The van der Waals surface area contributed by atoms with Crippen LogP contribution in [-0.2, 0) is 19.1 Å². The number of carbonyl (C=O) groups is 3. The highest BCUT2D eigenvalue weighted by molar-refractivity contribution is 5.89. The van der Waals surface area contributed by atoms with E-state index >= 15 is 0 Å². The van der Waals surface area contributed by atoms with Gasteiger partial charge in [0.1, 0.15) is 0 Å². The molecular weight excluding hydrogens is 284 g/mol. The molecule has 124 valence electrons. The van der Waals surface area contributed by atoms with E-state index in [1.165, 1.54) is 7.11 Å². The number of amides is 2. The van der Waals surface area contributed by atoms with Gasteiger partial charge in [-0.3, -0.25) is 14.4 Å². The second kappa shape index (κ2) is 6.26. The van der Waals surface area contributed by atoms with E-state index in [2.05, 4.69) is 0 Å². The fourth-order valence-corrected chi connectivity index (χ4v) is 3.28. The molecule has 6 heteroatoms. The van der Waals surface area contributed by atoms with Gasteiger partial charge in [0.15, 0.2) is 0 Å². The first kappa shape index (κ1) is 16.8. The van der Waals surface area contributed by atoms with Crippen molar-refractivity contribution in [1.82, 2.24) is 9.80 Å². The molecule has 2 rings (SSSR count). The number of hydrogen-bond donors (Lipinski definition) is 0. The predicted molar refractivity (Wildman–Crippen MR) is 80.9 cm³/mol. The van der Waals surface area contributed by atoms with Gasteiger partial charge in [0.05, 0.1) is 18.9 Å². The normalized spacial score (nSPS) is 23.8. The highest BCUT2D eigenvalue weighted by Crippen LogP contribution is 2.28. The smallest absolute Gasteiger partial charge is 0.308 e. The molecule has 6 nitrogen and oxygen atoms in total. The molecule has 2 fully saturated rings. The van der Waals surface area contributed by atoms with E-state index in [9.17, 15) is 14.4 Å². The molecule has 0 aromatic carbocycles. The largest absolute Gasteiger partial charge is 0.469 e. The Morgan fingerprint density at radius 3 is 2.18 bits per heavy atom. The molecule has 0 radical (unpaired) electrons. The van der Waals surface area contributed by atoms with E-state index in [0.29, 0.717) is 38.9 Å². The van der Waals surface area contributed by atoms with E-state index in [4.69, 9.17) is 4.74 Å². The van der Waals surface area contributed by atoms with Crippen molar-refractivity contribution in [3.63, 3.8) is 0 Å². The molecule has 2 heterocycles. The Kier molecular flexibility index (Phi) is 4.78. The van der Waals surface area contributed by atoms with Crippen molar-refractivity contribution in [2.45, 2.75) is 45.6 Å². The van der Waals surface area contributed by atoms with Crippen molar-refractivity contribution >= 4 is 17.8 Å². The number of methoxy groups -OCH3 is 1. The number of rotatable bonds is 2. The quantitative estimate of drug-likeness (QED) is 0.715. The van der Waals surface area contributed by atoms with Crippen LogP contribution in [-0.4, -0.2) is 59.9 Å². The lowest BCUT2D eigenvalue weighted by molar-refractivity contribution is -0.149. The van der Waals surface area contributed by atoms with Gasteiger partial charge in [0, 0.05) is 31.6 Å². The van der Waals surface area contributed by atoms with E-state index in [1.54, 1.807) is 9.80 Å². The monoisotopic (exact) mass is 310 g/mol. The van der Waals surface area contributed by atoms with Gasteiger partial charge < -0.3 is 14.5 Å². The third-order valence-corrected chi connectivity index (χ3v) is 4.63. The van der Waals surface area contributed by atoms with Crippen LogP contribution in [0.15, 0.2) is 0 Å². The minimum absolute atomic E-state index is 0.0448. The summed E-state index contributed by atoms with van der Waals surface area (Å²) >= 11 is 0. The van der Waals surface area contributed by atoms with E-state index in [0.717, 1.165) is 0 Å². The van der Waals surface area contributed by atoms with Gasteiger partial charge >= 0.3 is 5.97 Å². The summed E-state index contributed by atoms with van der Waals surface area (Å²) in [6.45, 7) is 7.59. The Morgan fingerprint density at radius 2 is 1.73 bits per heavy atom. The molecule has 0 unspecified atom stereocenters. The molecule has 0 spiro atoms. The van der Waals surface area contributed by atoms with Crippen molar-refractivity contribution < 1.29 is 19.1 Å². The maximum Gasteiger partial charge on any atom is 0.308 e. The Hall–Kier alpha value is -1.59. The summed E-state index contributed by atoms with van der Waals surface area (Å²) in [5.41, 5.74) is -0.246. The van der Waals surface area contributed by atoms with Crippen LogP contribution in [0.3, 0.4) is 0 Å². The summed E-state index contributed by atoms with van der Waals surface area (Å²) in [6, 6.07) is 0. The summed E-state index contributed by atoms with van der Waals surface area (Å²) in [4.78, 5) is 39.8. The van der Waals surface area contributed by atoms with Crippen molar-refractivity contribution in [3.05, 3.63) is 0 Å². The topological polar surface area (TPSA) is 66.9 Å². The maximum atomic E-state index is 12.6. The number of carbonyl (C=O) groups excluding carboxylic acids is 3. The van der Waals surface area contributed by atoms with Crippen molar-refractivity contribution in [3.8, 4) is 0 Å². The summed E-state index contributed by atoms with van der Waals surface area (Å²) in [5, 5.41) is 0. The van der Waals surface area contributed by atoms with Crippen LogP contribution in [0.1, 0.15) is 40.0 Å². The van der Waals surface area contributed by atoms with Gasteiger partial charge in [-0.05, 0) is 33.6 Å². The standard InChI is InChI=1S/C16H26N2O4/c1-16(2,3)18-10-12(9-13(18)19)14(20)17-7-5-11(6-8-17)15(21)22-4/h11-12H,5-10H2,1-4H3/t12-/m0/s1. The van der Waals surface area contributed by atoms with Crippen LogP contribution in [0, 0.1) is 11.8 Å². The lowest BCUT2D eigenvalue weighted by Gasteiger charge is -2.34. The molecule has 0 bridgehead atoms. The minimum atomic E-state index is -0.249. The first-order valence-electron chi connectivity index (χ1n) is 7.91. The zero-order valence-electron chi connectivity index (χ0n) is 13.9. The molecule has 2 saturated heterocycles. The molecule has 0 saturated carbocycles. The second-order valence-corrected chi connectivity index (χ2v) is 7.20. The Balaban J connectivity index is 1.91. The molecule has 2 amide bonds. The van der Waals surface area contributed by atoms with E-state index in [-0.39, 0.29) is 35.2 Å². The molecular formula is C16H26N2O4. The van der Waals surface area contributed by atoms with Crippen LogP contribution in [0.4, 0.5) is 0 Å². The molecule has 2 aliphatic heterocycles. The fourth-order valence-electron chi connectivity index (χ4n) is 3.28. The average Bonchev–Trinajstić information content (AvgIpc) is 2.88. The third-order valence-electron chi connectivity index (χ3n) is 4.63. The first-order valence-corrected chi connectivity index (χ1v) is 7.91. The summed E-state index contributed by atoms with van der Waals surface area (Å²) in [7, 11) is 1.39. The van der Waals surface area contributed by atoms with Crippen LogP contribution < -0.4 is 0 Å². The third kappa shape index (κ3) is 3.42. The van der Waals surface area contributed by atoms with Gasteiger partial charge in [0.2, 0.25) is 11.8 Å². The van der Waals surface area contributed by atoms with Crippen molar-refractivity contribution in [2.24, 2.45) is 11.8 Å². The average molecular weight is 310 g/mol. The molecule has 0 N–H and O–H groups in total. The molecule has 0 aliphatic carbocycles. The number of esters is 1. The molecule has 0 aromatic heterocycles. The van der Waals surface area contributed by atoms with Gasteiger partial charge in [0.25, 0.3) is 0 Å². The number of nitrogens with zero attached hydrogens (tertiary/aromatic N) is 2. The second-order valence-electron chi connectivity index (χ2n) is 7.20. The van der Waals surface area contributed by atoms with Gasteiger partial charge in [-0.1, -0.05) is 0 Å². The summed E-state index contributed by atoms with van der Waals surface area (Å²) in [5.74, 6) is -0.451. The molecule has 22 heavy (non-hydrogen) atoms. The Bertz CT molecular complexity index is 461. The van der Waals surface area contributed by atoms with Crippen molar-refractivity contribution in [2.75, 3.05) is 26.7 Å². The number of ether oxygens (including phenoxy) is 1. The molecule has 0 aromatic rings. The van der Waals surface area contributed by atoms with Crippen molar-refractivity contribution in [1.29, 1.82) is 0 Å². The Morgan fingerprint density at radius 1 is 1.14 bits per heavy atom. The highest BCUT2D eigenvalue weighted by atomic mass is 16.5. The Labute approximate surface area is 131 Å². The lowest BCUT2D eigenvalue weighted by atomic mass is 9.95. The van der Waals surface area contributed by atoms with Crippen LogP contribution in [0.5, 0.6) is 0 Å². The minimum Gasteiger partial charge on any atom is -0.469 e. The zero-order chi connectivity index (χ0) is 16.5. The fraction of sp³-hybridized carbons (Fsp3) is 0.812.